The Morgan fingerprint density at radius 1 is 1.04 bits per heavy atom. The average molecular weight is 696 g/mol. The van der Waals surface area contributed by atoms with Crippen molar-refractivity contribution in [2.75, 3.05) is 13.1 Å². The van der Waals surface area contributed by atoms with Crippen LogP contribution in [-0.4, -0.2) is 29.6 Å². The van der Waals surface area contributed by atoms with E-state index in [1.165, 1.54) is 61.6 Å². The number of halogens is 1. The zero-order valence-corrected chi connectivity index (χ0v) is 34.0. The fourth-order valence-corrected chi connectivity index (χ4v) is 8.34. The molecule has 1 aromatic rings. The molecule has 0 amide bonds. The molecule has 0 spiro atoms. The van der Waals surface area contributed by atoms with Gasteiger partial charge in [-0.15, -0.1) is 11.3 Å². The minimum Gasteiger partial charge on any atom is -0.371 e. The third-order valence-corrected chi connectivity index (χ3v) is 11.1. The first-order valence-corrected chi connectivity index (χ1v) is 19.9. The Morgan fingerprint density at radius 2 is 1.63 bits per heavy atom. The van der Waals surface area contributed by atoms with E-state index in [4.69, 9.17) is 0 Å². The molecular weight excluding hydrogens is 626 g/mol. The van der Waals surface area contributed by atoms with Crippen LogP contribution in [0.15, 0.2) is 65.7 Å². The van der Waals surface area contributed by atoms with E-state index >= 15 is 4.39 Å². The van der Waals surface area contributed by atoms with Crippen LogP contribution in [0.25, 0.3) is 5.70 Å². The first-order valence-electron chi connectivity index (χ1n) is 19.1. The maximum atomic E-state index is 15.3. The van der Waals surface area contributed by atoms with Crippen molar-refractivity contribution in [3.8, 4) is 0 Å². The first-order chi connectivity index (χ1) is 23.3. The molecule has 0 aromatic carbocycles. The molecule has 0 bridgehead atoms. The van der Waals surface area contributed by atoms with E-state index < -0.39 is 5.83 Å². The Labute approximate surface area is 304 Å². The molecule has 1 aromatic heterocycles. The fraction of sp³-hybridized carbons (Fsp3) is 0.628. The molecule has 1 saturated heterocycles. The number of hydrogen-bond donors (Lipinski definition) is 1. The topological polar surface area (TPSA) is 44.7 Å². The lowest BCUT2D eigenvalue weighted by atomic mass is 9.70. The summed E-state index contributed by atoms with van der Waals surface area (Å²) < 4.78 is 15.3. The first kappa shape index (κ1) is 44.3. The van der Waals surface area contributed by atoms with Crippen LogP contribution in [0.2, 0.25) is 0 Å². The van der Waals surface area contributed by atoms with Gasteiger partial charge in [0.25, 0.3) is 0 Å². The van der Waals surface area contributed by atoms with Crippen molar-refractivity contribution in [1.29, 1.82) is 0 Å². The summed E-state index contributed by atoms with van der Waals surface area (Å²) in [4.78, 5) is 21.6. The number of nitrogens with one attached hydrogen (secondary N) is 1. The number of carbonyl (C=O) groups excluding carboxylic acids is 1. The van der Waals surface area contributed by atoms with Crippen molar-refractivity contribution in [1.82, 2.24) is 10.2 Å². The number of likely N-dealkylation sites (tertiary alicyclic amines) is 1. The summed E-state index contributed by atoms with van der Waals surface area (Å²) in [6.45, 7) is 33.1. The molecular formula is C43H70FN3OS. The lowest BCUT2D eigenvalue weighted by molar-refractivity contribution is 0.00732. The highest BCUT2D eigenvalue weighted by Gasteiger charge is 2.42. The molecule has 1 aliphatic heterocycles. The summed E-state index contributed by atoms with van der Waals surface area (Å²) in [5.41, 5.74) is 3.13. The molecule has 49 heavy (non-hydrogen) atoms. The summed E-state index contributed by atoms with van der Waals surface area (Å²) in [5, 5.41) is 3.23. The quantitative estimate of drug-likeness (QED) is 0.0912. The molecule has 2 fully saturated rings. The molecule has 1 atom stereocenters. The van der Waals surface area contributed by atoms with Crippen LogP contribution < -0.4 is 5.32 Å². The number of amidine groups is 1. The van der Waals surface area contributed by atoms with Gasteiger partial charge in [0.05, 0.1) is 4.88 Å². The van der Waals surface area contributed by atoms with Gasteiger partial charge in [0.2, 0.25) is 0 Å². The van der Waals surface area contributed by atoms with Gasteiger partial charge in [-0.25, -0.2) is 9.38 Å². The van der Waals surface area contributed by atoms with Gasteiger partial charge in [-0.2, -0.15) is 0 Å². The number of hydrogen-bond acceptors (Lipinski definition) is 4. The van der Waals surface area contributed by atoms with E-state index in [0.29, 0.717) is 27.4 Å². The van der Waals surface area contributed by atoms with Gasteiger partial charge < -0.3 is 10.2 Å². The second-order valence-corrected chi connectivity index (χ2v) is 15.3. The molecule has 2 aliphatic rings. The minimum absolute atomic E-state index is 0.0182. The highest BCUT2D eigenvalue weighted by molar-refractivity contribution is 7.13. The Hall–Kier alpha value is -2.73. The van der Waals surface area contributed by atoms with Crippen LogP contribution in [0.5, 0.6) is 0 Å². The number of carbonyl (C=O) groups is 1. The van der Waals surface area contributed by atoms with Crippen LogP contribution in [0.4, 0.5) is 4.39 Å². The summed E-state index contributed by atoms with van der Waals surface area (Å²) in [6.07, 6.45) is 20.2. The van der Waals surface area contributed by atoms with Crippen molar-refractivity contribution < 1.29 is 9.18 Å². The summed E-state index contributed by atoms with van der Waals surface area (Å²) in [7, 11) is 0. The number of ketones is 1. The standard InChI is InChI=1S/C37H54FN3OS.2C3H8/c1-10-26(6)23-36(13-4)24-41(25-36)30(11-2)19-18-27(7)39-29(9)40-34(32(38)12-3)33-22-31(28(8)42)35(43-33)37(14-5)20-16-15-17-21-37;2*1-3-2/h11-12,18-19,22,26H,3,7,10,13-17,20-21,23-25H2,1-2,4-6,8-9H3,(H,39,40);2*3H2,1-2H3/b19-18-,30-11+,34-32+;;. The maximum Gasteiger partial charge on any atom is 0.160 e. The molecule has 6 heteroatoms. The minimum atomic E-state index is -0.509. The van der Waals surface area contributed by atoms with E-state index in [1.807, 2.05) is 12.1 Å². The predicted octanol–water partition coefficient (Wildman–Crippen LogP) is 13.3. The van der Waals surface area contributed by atoms with E-state index in [1.54, 1.807) is 13.8 Å². The second-order valence-electron chi connectivity index (χ2n) is 14.2. The smallest absolute Gasteiger partial charge is 0.160 e. The molecule has 1 aliphatic carbocycles. The lowest BCUT2D eigenvalue weighted by Crippen LogP contribution is -2.55. The molecule has 0 radical (unpaired) electrons. The molecule has 1 N–H and O–H groups in total. The number of allylic oxidation sites excluding steroid dienone is 5. The Balaban J connectivity index is 0.00000186. The molecule has 276 valence electrons. The van der Waals surface area contributed by atoms with Crippen molar-refractivity contribution in [2.45, 2.75) is 152 Å². The van der Waals surface area contributed by atoms with Gasteiger partial charge in [0, 0.05) is 45.8 Å². The molecule has 2 heterocycles. The zero-order valence-electron chi connectivity index (χ0n) is 33.2. The monoisotopic (exact) mass is 696 g/mol. The predicted molar refractivity (Wildman–Crippen MR) is 216 cm³/mol. The van der Waals surface area contributed by atoms with Gasteiger partial charge in [0.15, 0.2) is 5.78 Å². The SMILES string of the molecule is C=C/C(F)=C(\N=C(C)NC(=C)/C=C\C(=C/C)N1CC(CC)(CC(C)CC)C1)c1cc(C(C)=O)c(C2(CC)CCCCC2)s1.CCC.CCC. The van der Waals surface area contributed by atoms with E-state index in [9.17, 15) is 4.79 Å². The summed E-state index contributed by atoms with van der Waals surface area (Å²) in [6, 6.07) is 1.83. The van der Waals surface area contributed by atoms with Crippen LogP contribution in [0, 0.1) is 11.3 Å². The van der Waals surface area contributed by atoms with E-state index in [0.717, 1.165) is 56.0 Å². The normalized spacial score (nSPS) is 18.2. The Bertz CT molecular complexity index is 1320. The maximum absolute atomic E-state index is 15.3. The lowest BCUT2D eigenvalue weighted by Gasteiger charge is -2.53. The van der Waals surface area contributed by atoms with Crippen molar-refractivity contribution in [3.63, 3.8) is 0 Å². The van der Waals surface area contributed by atoms with Gasteiger partial charge in [-0.1, -0.05) is 113 Å². The third kappa shape index (κ3) is 12.8. The molecule has 3 rings (SSSR count). The highest BCUT2D eigenvalue weighted by Crippen LogP contribution is 2.48. The molecule has 1 saturated carbocycles. The number of aliphatic imine (C=N–C) groups is 1. The Kier molecular flexibility index (Phi) is 20.0. The van der Waals surface area contributed by atoms with Crippen molar-refractivity contribution in [3.05, 3.63) is 76.1 Å². The molecule has 1 unspecified atom stereocenters. The average Bonchev–Trinajstić information content (AvgIpc) is 3.53. The largest absolute Gasteiger partial charge is 0.371 e. The van der Waals surface area contributed by atoms with Crippen LogP contribution in [0.1, 0.15) is 167 Å². The van der Waals surface area contributed by atoms with Crippen LogP contribution >= 0.6 is 11.3 Å². The van der Waals surface area contributed by atoms with E-state index in [2.05, 4.69) is 103 Å². The van der Waals surface area contributed by atoms with Gasteiger partial charge in [-0.3, -0.25) is 4.79 Å². The summed E-state index contributed by atoms with van der Waals surface area (Å²) in [5.74, 6) is 0.779. The zero-order chi connectivity index (χ0) is 37.2. The van der Waals surface area contributed by atoms with Gasteiger partial charge in [0.1, 0.15) is 17.4 Å². The third-order valence-electron chi connectivity index (χ3n) is 9.74. The van der Waals surface area contributed by atoms with Gasteiger partial charge >= 0.3 is 0 Å². The fourth-order valence-electron chi connectivity index (χ4n) is 6.82. The number of rotatable bonds is 14. The van der Waals surface area contributed by atoms with Crippen molar-refractivity contribution in [2.24, 2.45) is 16.3 Å². The van der Waals surface area contributed by atoms with Gasteiger partial charge in [-0.05, 0) is 83.1 Å². The van der Waals surface area contributed by atoms with Crippen molar-refractivity contribution >= 4 is 28.7 Å². The van der Waals surface area contributed by atoms with Crippen LogP contribution in [-0.2, 0) is 5.41 Å². The number of thiophene rings is 1. The highest BCUT2D eigenvalue weighted by atomic mass is 32.1. The number of Topliss-reactive ketones (excluding diaryl/α,β-unsaturated/α-hetero) is 1. The second kappa shape index (κ2) is 22.2. The summed E-state index contributed by atoms with van der Waals surface area (Å²) >= 11 is 1.52. The molecule has 4 nitrogen and oxygen atoms in total. The number of nitrogens with zero attached hydrogens (tertiary/aromatic N) is 2. The Morgan fingerprint density at radius 3 is 2.10 bits per heavy atom. The van der Waals surface area contributed by atoms with E-state index in [-0.39, 0.29) is 16.9 Å². The van der Waals surface area contributed by atoms with Crippen LogP contribution in [0.3, 0.4) is 0 Å².